The van der Waals surface area contributed by atoms with E-state index in [1.807, 2.05) is 30.3 Å². The zero-order valence-corrected chi connectivity index (χ0v) is 13.8. The number of rotatable bonds is 3. The van der Waals surface area contributed by atoms with Gasteiger partial charge in [0.25, 0.3) is 0 Å². The summed E-state index contributed by atoms with van der Waals surface area (Å²) in [6.07, 6.45) is 1.49. The highest BCUT2D eigenvalue weighted by molar-refractivity contribution is 7.95. The van der Waals surface area contributed by atoms with Crippen LogP contribution in [0.4, 0.5) is 4.39 Å². The molecule has 4 nitrogen and oxygen atoms in total. The Morgan fingerprint density at radius 3 is 2.46 bits per heavy atom. The van der Waals surface area contributed by atoms with Gasteiger partial charge in [0.15, 0.2) is 5.03 Å². The molecule has 6 heteroatoms. The zero-order chi connectivity index (χ0) is 16.7. The van der Waals surface area contributed by atoms with Crippen molar-refractivity contribution in [2.75, 3.05) is 6.54 Å². The van der Waals surface area contributed by atoms with Crippen molar-refractivity contribution in [1.82, 2.24) is 10.2 Å². The lowest BCUT2D eigenvalue weighted by molar-refractivity contribution is 0.295. The third-order valence-electron chi connectivity index (χ3n) is 4.51. The third-order valence-corrected chi connectivity index (χ3v) is 6.29. The number of halogens is 1. The summed E-state index contributed by atoms with van der Waals surface area (Å²) in [7, 11) is -3.69. The standard InChI is InChI=1S/C18H17FN2O2S/c19-14-8-10-15(11-9-14)24(22,23)18-16-7-4-12-21(16)17(20-18)13-5-2-1-3-6-13/h1-3,5-6,8-11,17,20H,4,7,12H2. The first-order valence-corrected chi connectivity index (χ1v) is 9.37. The maximum absolute atomic E-state index is 13.1. The number of sulfone groups is 1. The molecule has 2 aliphatic heterocycles. The summed E-state index contributed by atoms with van der Waals surface area (Å²) in [6, 6.07) is 14.8. The molecule has 2 aromatic carbocycles. The Labute approximate surface area is 140 Å². The minimum Gasteiger partial charge on any atom is -0.350 e. The van der Waals surface area contributed by atoms with E-state index < -0.39 is 15.7 Å². The van der Waals surface area contributed by atoms with Crippen molar-refractivity contribution >= 4 is 9.84 Å². The van der Waals surface area contributed by atoms with Crippen LogP contribution in [-0.2, 0) is 9.84 Å². The Kier molecular flexibility index (Phi) is 3.57. The molecule has 0 aliphatic carbocycles. The molecule has 0 spiro atoms. The molecule has 4 rings (SSSR count). The number of allylic oxidation sites excluding steroid dienone is 1. The molecule has 2 aromatic rings. The van der Waals surface area contributed by atoms with E-state index in [0.717, 1.165) is 30.6 Å². The number of fused-ring (bicyclic) bond motifs is 1. The molecule has 2 aliphatic rings. The van der Waals surface area contributed by atoms with Crippen LogP contribution in [0.25, 0.3) is 0 Å². The van der Waals surface area contributed by atoms with E-state index in [1.54, 1.807) is 0 Å². The summed E-state index contributed by atoms with van der Waals surface area (Å²) in [5, 5.41) is 3.44. The van der Waals surface area contributed by atoms with E-state index in [4.69, 9.17) is 0 Å². The first-order valence-electron chi connectivity index (χ1n) is 7.89. The number of hydrogen-bond acceptors (Lipinski definition) is 4. The second kappa shape index (κ2) is 5.63. The molecule has 1 atom stereocenters. The summed E-state index contributed by atoms with van der Waals surface area (Å²) < 4.78 is 39.1. The summed E-state index contributed by atoms with van der Waals surface area (Å²) in [6.45, 7) is 0.824. The van der Waals surface area contributed by atoms with Gasteiger partial charge in [0.2, 0.25) is 9.84 Å². The molecule has 1 saturated heterocycles. The first-order chi connectivity index (χ1) is 11.6. The van der Waals surface area contributed by atoms with Crippen LogP contribution in [0.2, 0.25) is 0 Å². The van der Waals surface area contributed by atoms with Crippen molar-refractivity contribution in [3.63, 3.8) is 0 Å². The van der Waals surface area contributed by atoms with Gasteiger partial charge in [-0.2, -0.15) is 0 Å². The SMILES string of the molecule is O=S(=O)(C1=C2CCCN2C(c2ccccc2)N1)c1ccc(F)cc1. The predicted molar refractivity (Wildman–Crippen MR) is 88.9 cm³/mol. The third kappa shape index (κ3) is 2.38. The van der Waals surface area contributed by atoms with Crippen molar-refractivity contribution in [1.29, 1.82) is 0 Å². The van der Waals surface area contributed by atoms with E-state index in [0.29, 0.717) is 0 Å². The number of benzene rings is 2. The molecule has 0 bridgehead atoms. The minimum absolute atomic E-state index is 0.111. The van der Waals surface area contributed by atoms with Crippen molar-refractivity contribution in [2.24, 2.45) is 0 Å². The molecule has 0 saturated carbocycles. The smallest absolute Gasteiger partial charge is 0.223 e. The quantitative estimate of drug-likeness (QED) is 0.869. The number of nitrogens with zero attached hydrogens (tertiary/aromatic N) is 1. The summed E-state index contributed by atoms with van der Waals surface area (Å²) in [4.78, 5) is 2.23. The van der Waals surface area contributed by atoms with Gasteiger partial charge >= 0.3 is 0 Å². The second-order valence-corrected chi connectivity index (χ2v) is 7.87. The van der Waals surface area contributed by atoms with Crippen LogP contribution in [0.1, 0.15) is 24.6 Å². The van der Waals surface area contributed by atoms with E-state index in [1.165, 1.54) is 24.3 Å². The van der Waals surface area contributed by atoms with Crippen molar-refractivity contribution in [2.45, 2.75) is 23.9 Å². The molecular weight excluding hydrogens is 327 g/mol. The van der Waals surface area contributed by atoms with Crippen LogP contribution in [0, 0.1) is 5.82 Å². The van der Waals surface area contributed by atoms with Crippen LogP contribution in [0.15, 0.2) is 70.2 Å². The van der Waals surface area contributed by atoms with Gasteiger partial charge in [-0.3, -0.25) is 0 Å². The molecule has 0 amide bonds. The molecular formula is C18H17FN2O2S. The number of nitrogens with one attached hydrogen (secondary N) is 1. The van der Waals surface area contributed by atoms with Crippen molar-refractivity contribution in [3.8, 4) is 0 Å². The van der Waals surface area contributed by atoms with Gasteiger partial charge in [0, 0.05) is 6.54 Å². The van der Waals surface area contributed by atoms with E-state index in [9.17, 15) is 12.8 Å². The summed E-state index contributed by atoms with van der Waals surface area (Å²) in [5.74, 6) is -0.448. The van der Waals surface area contributed by atoms with Gasteiger partial charge in [0.1, 0.15) is 12.0 Å². The zero-order valence-electron chi connectivity index (χ0n) is 12.9. The van der Waals surface area contributed by atoms with Crippen molar-refractivity contribution in [3.05, 3.63) is 76.7 Å². The van der Waals surface area contributed by atoms with Gasteiger partial charge in [0.05, 0.1) is 10.6 Å². The largest absolute Gasteiger partial charge is 0.350 e. The van der Waals surface area contributed by atoms with E-state index in [2.05, 4.69) is 10.2 Å². The molecule has 2 heterocycles. The highest BCUT2D eigenvalue weighted by atomic mass is 32.2. The summed E-state index contributed by atoms with van der Waals surface area (Å²) in [5.41, 5.74) is 1.86. The molecule has 0 aromatic heterocycles. The van der Waals surface area contributed by atoms with Gasteiger partial charge < -0.3 is 10.2 Å². The lowest BCUT2D eigenvalue weighted by atomic mass is 10.1. The Hall–Kier alpha value is -2.34. The fourth-order valence-corrected chi connectivity index (χ4v) is 4.90. The normalized spacial score (nSPS) is 20.2. The van der Waals surface area contributed by atoms with Crippen LogP contribution in [0.3, 0.4) is 0 Å². The minimum atomic E-state index is -3.69. The molecule has 0 radical (unpaired) electrons. The van der Waals surface area contributed by atoms with Crippen molar-refractivity contribution < 1.29 is 12.8 Å². The summed E-state index contributed by atoms with van der Waals surface area (Å²) >= 11 is 0. The van der Waals surface area contributed by atoms with Gasteiger partial charge in [-0.1, -0.05) is 30.3 Å². The lowest BCUT2D eigenvalue weighted by Crippen LogP contribution is -2.28. The molecule has 1 unspecified atom stereocenters. The lowest BCUT2D eigenvalue weighted by Gasteiger charge is -2.24. The van der Waals surface area contributed by atoms with Gasteiger partial charge in [-0.05, 0) is 42.7 Å². The maximum atomic E-state index is 13.1. The van der Waals surface area contributed by atoms with Crippen LogP contribution < -0.4 is 5.32 Å². The molecule has 1 fully saturated rings. The first kappa shape index (κ1) is 15.2. The van der Waals surface area contributed by atoms with E-state index in [-0.39, 0.29) is 16.1 Å². The van der Waals surface area contributed by atoms with Gasteiger partial charge in [-0.25, -0.2) is 12.8 Å². The molecule has 1 N–H and O–H groups in total. The Morgan fingerprint density at radius 1 is 1.04 bits per heavy atom. The van der Waals surface area contributed by atoms with Crippen LogP contribution in [0.5, 0.6) is 0 Å². The highest BCUT2D eigenvalue weighted by Crippen LogP contribution is 2.40. The number of hydrogen-bond donors (Lipinski definition) is 1. The average molecular weight is 344 g/mol. The van der Waals surface area contributed by atoms with Crippen LogP contribution >= 0.6 is 0 Å². The Balaban J connectivity index is 1.75. The Morgan fingerprint density at radius 2 is 1.75 bits per heavy atom. The highest BCUT2D eigenvalue weighted by Gasteiger charge is 2.40. The molecule has 124 valence electrons. The van der Waals surface area contributed by atoms with Crippen LogP contribution in [-0.4, -0.2) is 19.9 Å². The topological polar surface area (TPSA) is 49.4 Å². The predicted octanol–water partition coefficient (Wildman–Crippen LogP) is 3.17. The van der Waals surface area contributed by atoms with E-state index >= 15 is 0 Å². The monoisotopic (exact) mass is 344 g/mol. The second-order valence-electron chi connectivity index (χ2n) is 5.99. The molecule has 24 heavy (non-hydrogen) atoms. The maximum Gasteiger partial charge on any atom is 0.223 e. The fourth-order valence-electron chi connectivity index (χ4n) is 3.37. The average Bonchev–Trinajstić information content (AvgIpc) is 3.18. The van der Waals surface area contributed by atoms with Gasteiger partial charge in [-0.15, -0.1) is 0 Å². The fraction of sp³-hybridized carbons (Fsp3) is 0.222. The Bertz CT molecular complexity index is 892.